The second-order valence-corrected chi connectivity index (χ2v) is 4.24. The molecule has 17 heavy (non-hydrogen) atoms. The van der Waals surface area contributed by atoms with Gasteiger partial charge in [0.15, 0.2) is 0 Å². The number of anilines is 1. The van der Waals surface area contributed by atoms with E-state index >= 15 is 0 Å². The molecule has 0 fully saturated rings. The number of benzene rings is 1. The van der Waals surface area contributed by atoms with E-state index in [1.807, 2.05) is 6.26 Å². The molecule has 0 aliphatic heterocycles. The Morgan fingerprint density at radius 3 is 2.76 bits per heavy atom. The number of hydrogen-bond acceptors (Lipinski definition) is 4. The van der Waals surface area contributed by atoms with Crippen molar-refractivity contribution >= 4 is 23.1 Å². The number of alkyl halides is 2. The van der Waals surface area contributed by atoms with Crippen LogP contribution in [0.3, 0.4) is 0 Å². The number of nitro groups is 1. The quantitative estimate of drug-likeness (QED) is 0.485. The van der Waals surface area contributed by atoms with Crippen LogP contribution < -0.4 is 5.32 Å². The van der Waals surface area contributed by atoms with Crippen LogP contribution in [0.1, 0.15) is 12.0 Å². The lowest BCUT2D eigenvalue weighted by Gasteiger charge is -2.07. The molecule has 7 heteroatoms. The van der Waals surface area contributed by atoms with Gasteiger partial charge in [-0.1, -0.05) is 6.07 Å². The molecular formula is C10H12F2N2O2S. The highest BCUT2D eigenvalue weighted by Gasteiger charge is 2.17. The molecule has 0 saturated carbocycles. The van der Waals surface area contributed by atoms with Crippen LogP contribution >= 0.6 is 11.8 Å². The molecule has 0 aromatic heterocycles. The Morgan fingerprint density at radius 2 is 2.24 bits per heavy atom. The van der Waals surface area contributed by atoms with Crippen LogP contribution in [-0.2, 0) is 0 Å². The molecule has 1 N–H and O–H groups in total. The van der Waals surface area contributed by atoms with Crippen molar-refractivity contribution < 1.29 is 13.7 Å². The highest BCUT2D eigenvalue weighted by Crippen LogP contribution is 2.29. The van der Waals surface area contributed by atoms with Crippen LogP contribution in [0.5, 0.6) is 0 Å². The first-order valence-electron chi connectivity index (χ1n) is 4.85. The van der Waals surface area contributed by atoms with Gasteiger partial charge in [-0.05, 0) is 12.3 Å². The number of nitrogens with zero attached hydrogens (tertiary/aromatic N) is 1. The molecule has 0 spiro atoms. The number of hydrogen-bond donors (Lipinski definition) is 1. The van der Waals surface area contributed by atoms with E-state index in [0.29, 0.717) is 6.54 Å². The van der Waals surface area contributed by atoms with Gasteiger partial charge in [0.25, 0.3) is 12.1 Å². The fourth-order valence-electron chi connectivity index (χ4n) is 1.27. The summed E-state index contributed by atoms with van der Waals surface area (Å²) >= 11 is 1.59. The predicted molar refractivity (Wildman–Crippen MR) is 64.9 cm³/mol. The van der Waals surface area contributed by atoms with Crippen LogP contribution in [0.15, 0.2) is 18.2 Å². The molecule has 0 aliphatic rings. The molecule has 0 bridgehead atoms. The maximum atomic E-state index is 12.4. The van der Waals surface area contributed by atoms with Gasteiger partial charge in [-0.2, -0.15) is 11.8 Å². The summed E-state index contributed by atoms with van der Waals surface area (Å²) < 4.78 is 24.8. The number of nitro benzene ring substituents is 1. The third-order valence-corrected chi connectivity index (χ3v) is 2.70. The third-order valence-electron chi connectivity index (χ3n) is 2.09. The standard InChI is InChI=1S/C10H12F2N2O2S/c1-17-5-4-13-8-3-2-7(10(11)12)6-9(8)14(15)16/h2-3,6,10,13H,4-5H2,1H3. The minimum atomic E-state index is -2.70. The summed E-state index contributed by atoms with van der Waals surface area (Å²) in [5.74, 6) is 0.785. The maximum absolute atomic E-state index is 12.4. The van der Waals surface area contributed by atoms with Crippen molar-refractivity contribution in [1.82, 2.24) is 0 Å². The molecule has 0 amide bonds. The van der Waals surface area contributed by atoms with E-state index in [-0.39, 0.29) is 16.9 Å². The van der Waals surface area contributed by atoms with Crippen molar-refractivity contribution in [3.8, 4) is 0 Å². The average Bonchev–Trinajstić information content (AvgIpc) is 2.29. The molecule has 0 saturated heterocycles. The van der Waals surface area contributed by atoms with Crippen LogP contribution in [-0.4, -0.2) is 23.5 Å². The lowest BCUT2D eigenvalue weighted by atomic mass is 10.2. The van der Waals surface area contributed by atoms with E-state index in [9.17, 15) is 18.9 Å². The Balaban J connectivity index is 2.92. The predicted octanol–water partition coefficient (Wildman–Crippen LogP) is 3.31. The fourth-order valence-corrected chi connectivity index (χ4v) is 1.58. The average molecular weight is 262 g/mol. The largest absolute Gasteiger partial charge is 0.379 e. The first-order valence-corrected chi connectivity index (χ1v) is 6.25. The van der Waals surface area contributed by atoms with E-state index in [4.69, 9.17) is 0 Å². The van der Waals surface area contributed by atoms with E-state index in [1.54, 1.807) is 11.8 Å². The van der Waals surface area contributed by atoms with Gasteiger partial charge in [-0.3, -0.25) is 10.1 Å². The van der Waals surface area contributed by atoms with Crippen LogP contribution in [0.25, 0.3) is 0 Å². The van der Waals surface area contributed by atoms with Crippen molar-refractivity contribution in [2.24, 2.45) is 0 Å². The molecular weight excluding hydrogens is 250 g/mol. The topological polar surface area (TPSA) is 55.2 Å². The second kappa shape index (κ2) is 6.39. The highest BCUT2D eigenvalue weighted by atomic mass is 32.2. The van der Waals surface area contributed by atoms with E-state index in [2.05, 4.69) is 5.32 Å². The van der Waals surface area contributed by atoms with Gasteiger partial charge in [-0.25, -0.2) is 8.78 Å². The summed E-state index contributed by atoms with van der Waals surface area (Å²) in [7, 11) is 0. The summed E-state index contributed by atoms with van der Waals surface area (Å²) in [6.07, 6.45) is -0.787. The van der Waals surface area contributed by atoms with E-state index in [0.717, 1.165) is 11.8 Å². The van der Waals surface area contributed by atoms with Crippen molar-refractivity contribution in [2.75, 3.05) is 23.9 Å². The Kier molecular flexibility index (Phi) is 5.14. The Hall–Kier alpha value is -1.37. The van der Waals surface area contributed by atoms with Gasteiger partial charge in [0, 0.05) is 23.9 Å². The smallest absolute Gasteiger partial charge is 0.292 e. The van der Waals surface area contributed by atoms with Crippen molar-refractivity contribution in [2.45, 2.75) is 6.43 Å². The van der Waals surface area contributed by atoms with Gasteiger partial charge < -0.3 is 5.32 Å². The fraction of sp³-hybridized carbons (Fsp3) is 0.400. The zero-order valence-electron chi connectivity index (χ0n) is 9.15. The number of rotatable bonds is 6. The first-order chi connectivity index (χ1) is 8.06. The summed E-state index contributed by atoms with van der Waals surface area (Å²) in [5, 5.41) is 13.6. The van der Waals surface area contributed by atoms with Gasteiger partial charge >= 0.3 is 0 Å². The highest BCUT2D eigenvalue weighted by molar-refractivity contribution is 7.98. The van der Waals surface area contributed by atoms with Crippen LogP contribution in [0.2, 0.25) is 0 Å². The zero-order chi connectivity index (χ0) is 12.8. The number of halogens is 2. The molecule has 0 aliphatic carbocycles. The van der Waals surface area contributed by atoms with E-state index < -0.39 is 11.3 Å². The van der Waals surface area contributed by atoms with Gasteiger partial charge in [-0.15, -0.1) is 0 Å². The molecule has 94 valence electrons. The minimum absolute atomic E-state index is 0.272. The lowest BCUT2D eigenvalue weighted by Crippen LogP contribution is -2.06. The monoisotopic (exact) mass is 262 g/mol. The summed E-state index contributed by atoms with van der Waals surface area (Å²) in [6.45, 7) is 0.552. The number of nitrogens with one attached hydrogen (secondary N) is 1. The van der Waals surface area contributed by atoms with Gasteiger partial charge in [0.2, 0.25) is 0 Å². The Morgan fingerprint density at radius 1 is 1.53 bits per heavy atom. The molecule has 0 heterocycles. The molecule has 1 rings (SSSR count). The lowest BCUT2D eigenvalue weighted by molar-refractivity contribution is -0.384. The van der Waals surface area contributed by atoms with E-state index in [1.165, 1.54) is 12.1 Å². The van der Waals surface area contributed by atoms with Crippen molar-refractivity contribution in [3.05, 3.63) is 33.9 Å². The number of thioether (sulfide) groups is 1. The molecule has 1 aromatic rings. The van der Waals surface area contributed by atoms with Crippen molar-refractivity contribution in [1.29, 1.82) is 0 Å². The maximum Gasteiger partial charge on any atom is 0.292 e. The minimum Gasteiger partial charge on any atom is -0.379 e. The second-order valence-electron chi connectivity index (χ2n) is 3.25. The molecule has 1 aromatic carbocycles. The first kappa shape index (κ1) is 13.7. The molecule has 0 atom stereocenters. The molecule has 0 unspecified atom stereocenters. The van der Waals surface area contributed by atoms with Crippen molar-refractivity contribution in [3.63, 3.8) is 0 Å². The normalized spacial score (nSPS) is 10.6. The van der Waals surface area contributed by atoms with Crippen LogP contribution in [0.4, 0.5) is 20.2 Å². The third kappa shape index (κ3) is 3.85. The Bertz CT molecular complexity index is 402. The summed E-state index contributed by atoms with van der Waals surface area (Å²) in [5.41, 5.74) is -0.385. The summed E-state index contributed by atoms with van der Waals surface area (Å²) in [4.78, 5) is 10.1. The summed E-state index contributed by atoms with van der Waals surface area (Å²) in [6, 6.07) is 3.42. The molecule has 0 radical (unpaired) electrons. The van der Waals surface area contributed by atoms with Gasteiger partial charge in [0.05, 0.1) is 4.92 Å². The zero-order valence-corrected chi connectivity index (χ0v) is 9.97. The molecule has 4 nitrogen and oxygen atoms in total. The van der Waals surface area contributed by atoms with Gasteiger partial charge in [0.1, 0.15) is 5.69 Å². The SMILES string of the molecule is CSCCNc1ccc(C(F)F)cc1[N+](=O)[O-]. The Labute approximate surface area is 102 Å². The van der Waals surface area contributed by atoms with Crippen LogP contribution in [0, 0.1) is 10.1 Å².